The highest BCUT2D eigenvalue weighted by atomic mass is 16.3. The average Bonchev–Trinajstić information content (AvgIpc) is 2.29. The molecule has 0 spiro atoms. The van der Waals surface area contributed by atoms with Crippen molar-refractivity contribution in [1.29, 1.82) is 0 Å². The van der Waals surface area contributed by atoms with Crippen LogP contribution in [0, 0.1) is 5.41 Å². The molecule has 2 heteroatoms. The van der Waals surface area contributed by atoms with E-state index in [1.165, 1.54) is 24.0 Å². The summed E-state index contributed by atoms with van der Waals surface area (Å²) in [6.07, 6.45) is 5.61. The van der Waals surface area contributed by atoms with Gasteiger partial charge in [0, 0.05) is 11.5 Å². The van der Waals surface area contributed by atoms with Gasteiger partial charge >= 0.3 is 0 Å². The summed E-state index contributed by atoms with van der Waals surface area (Å²) in [4.78, 5) is 0. The molecule has 0 aliphatic heterocycles. The molecule has 1 saturated carbocycles. The monoisotopic (exact) mass is 233 g/mol. The number of hydrogen-bond donors (Lipinski definition) is 2. The van der Waals surface area contributed by atoms with Gasteiger partial charge in [0.2, 0.25) is 0 Å². The van der Waals surface area contributed by atoms with Crippen LogP contribution in [0.5, 0.6) is 0 Å². The van der Waals surface area contributed by atoms with Crippen molar-refractivity contribution in [3.63, 3.8) is 0 Å². The van der Waals surface area contributed by atoms with Crippen molar-refractivity contribution < 1.29 is 5.11 Å². The Balaban J connectivity index is 2.11. The largest absolute Gasteiger partial charge is 0.396 e. The zero-order valence-corrected chi connectivity index (χ0v) is 10.7. The SMILES string of the molecule is CCCc1ccc(C(N)C2(CO)CCC2)cc1. The third-order valence-corrected chi connectivity index (χ3v) is 4.20. The number of aryl methyl sites for hydroxylation is 1. The molecule has 1 aliphatic carbocycles. The lowest BCUT2D eigenvalue weighted by molar-refractivity contribution is 0.0184. The lowest BCUT2D eigenvalue weighted by atomic mass is 9.63. The van der Waals surface area contributed by atoms with E-state index in [1.54, 1.807) is 0 Å². The molecule has 0 bridgehead atoms. The molecule has 17 heavy (non-hydrogen) atoms. The first-order chi connectivity index (χ1) is 8.22. The molecule has 1 fully saturated rings. The van der Waals surface area contributed by atoms with Crippen molar-refractivity contribution in [1.82, 2.24) is 0 Å². The fourth-order valence-corrected chi connectivity index (χ4v) is 2.73. The standard InChI is InChI=1S/C15H23NO/c1-2-4-12-5-7-13(8-6-12)14(16)15(11-17)9-3-10-15/h5-8,14,17H,2-4,9-11,16H2,1H3. The van der Waals surface area contributed by atoms with E-state index in [4.69, 9.17) is 5.73 Å². The van der Waals surface area contributed by atoms with Gasteiger partial charge in [-0.1, -0.05) is 44.0 Å². The minimum absolute atomic E-state index is 0.0167. The second-order valence-corrected chi connectivity index (χ2v) is 5.34. The minimum Gasteiger partial charge on any atom is -0.396 e. The Morgan fingerprint density at radius 1 is 1.29 bits per heavy atom. The summed E-state index contributed by atoms with van der Waals surface area (Å²) in [7, 11) is 0. The van der Waals surface area contributed by atoms with Gasteiger partial charge in [0.05, 0.1) is 6.61 Å². The molecule has 1 atom stereocenters. The molecule has 0 heterocycles. The van der Waals surface area contributed by atoms with E-state index in [0.717, 1.165) is 19.3 Å². The van der Waals surface area contributed by atoms with Crippen LogP contribution in [-0.4, -0.2) is 11.7 Å². The Labute approximate surface area is 104 Å². The predicted octanol–water partition coefficient (Wildman–Crippen LogP) is 2.80. The first kappa shape index (κ1) is 12.6. The highest BCUT2D eigenvalue weighted by Crippen LogP contribution is 2.48. The van der Waals surface area contributed by atoms with E-state index < -0.39 is 0 Å². The summed E-state index contributed by atoms with van der Waals surface area (Å²) >= 11 is 0. The summed E-state index contributed by atoms with van der Waals surface area (Å²) in [6.45, 7) is 2.40. The maximum Gasteiger partial charge on any atom is 0.0505 e. The lowest BCUT2D eigenvalue weighted by Crippen LogP contribution is -2.43. The van der Waals surface area contributed by atoms with Crippen LogP contribution in [0.25, 0.3) is 0 Å². The van der Waals surface area contributed by atoms with Crippen LogP contribution in [0.4, 0.5) is 0 Å². The zero-order valence-electron chi connectivity index (χ0n) is 10.7. The van der Waals surface area contributed by atoms with E-state index >= 15 is 0 Å². The molecule has 0 radical (unpaired) electrons. The van der Waals surface area contributed by atoms with Gasteiger partial charge in [-0.3, -0.25) is 0 Å². The van der Waals surface area contributed by atoms with Gasteiger partial charge in [0.25, 0.3) is 0 Å². The summed E-state index contributed by atoms with van der Waals surface area (Å²) in [6, 6.07) is 8.58. The number of hydrogen-bond acceptors (Lipinski definition) is 2. The number of aliphatic hydroxyl groups excluding tert-OH is 1. The summed E-state index contributed by atoms with van der Waals surface area (Å²) < 4.78 is 0. The molecule has 0 saturated heterocycles. The molecule has 2 rings (SSSR count). The Bertz CT molecular complexity index is 348. The number of aliphatic hydroxyl groups is 1. The number of nitrogens with two attached hydrogens (primary N) is 1. The third kappa shape index (κ3) is 2.38. The summed E-state index contributed by atoms with van der Waals surface area (Å²) in [5, 5.41) is 9.53. The Kier molecular flexibility index (Phi) is 3.85. The topological polar surface area (TPSA) is 46.2 Å². The minimum atomic E-state index is -0.0493. The molecular weight excluding hydrogens is 210 g/mol. The molecule has 1 aromatic carbocycles. The van der Waals surface area contributed by atoms with Gasteiger partial charge in [0.15, 0.2) is 0 Å². The molecule has 0 aromatic heterocycles. The summed E-state index contributed by atoms with van der Waals surface area (Å²) in [5.41, 5.74) is 8.80. The maximum absolute atomic E-state index is 9.53. The van der Waals surface area contributed by atoms with Gasteiger partial charge in [0.1, 0.15) is 0 Å². The first-order valence-electron chi connectivity index (χ1n) is 6.67. The van der Waals surface area contributed by atoms with Crippen molar-refractivity contribution in [2.45, 2.75) is 45.1 Å². The van der Waals surface area contributed by atoms with Crippen LogP contribution >= 0.6 is 0 Å². The second-order valence-electron chi connectivity index (χ2n) is 5.34. The number of benzene rings is 1. The van der Waals surface area contributed by atoms with Gasteiger partial charge < -0.3 is 10.8 Å². The van der Waals surface area contributed by atoms with Crippen LogP contribution in [-0.2, 0) is 6.42 Å². The molecular formula is C15H23NO. The quantitative estimate of drug-likeness (QED) is 0.821. The van der Waals surface area contributed by atoms with Crippen LogP contribution in [0.15, 0.2) is 24.3 Å². The highest BCUT2D eigenvalue weighted by Gasteiger charge is 2.42. The first-order valence-corrected chi connectivity index (χ1v) is 6.67. The fourth-order valence-electron chi connectivity index (χ4n) is 2.73. The van der Waals surface area contributed by atoms with E-state index in [0.29, 0.717) is 0 Å². The normalized spacial score (nSPS) is 19.7. The predicted molar refractivity (Wildman–Crippen MR) is 70.7 cm³/mol. The average molecular weight is 233 g/mol. The maximum atomic E-state index is 9.53. The van der Waals surface area contributed by atoms with Crippen LogP contribution in [0.2, 0.25) is 0 Å². The van der Waals surface area contributed by atoms with E-state index in [-0.39, 0.29) is 18.1 Å². The second kappa shape index (κ2) is 5.19. The van der Waals surface area contributed by atoms with Crippen molar-refractivity contribution in [3.05, 3.63) is 35.4 Å². The molecule has 1 aliphatic rings. The van der Waals surface area contributed by atoms with E-state index in [1.807, 2.05) is 0 Å². The van der Waals surface area contributed by atoms with Crippen LogP contribution < -0.4 is 5.73 Å². The molecule has 0 amide bonds. The highest BCUT2D eigenvalue weighted by molar-refractivity contribution is 5.27. The zero-order chi connectivity index (χ0) is 12.3. The Morgan fingerprint density at radius 3 is 2.35 bits per heavy atom. The molecule has 2 nitrogen and oxygen atoms in total. The fraction of sp³-hybridized carbons (Fsp3) is 0.600. The van der Waals surface area contributed by atoms with Gasteiger partial charge in [-0.25, -0.2) is 0 Å². The Hall–Kier alpha value is -0.860. The summed E-state index contributed by atoms with van der Waals surface area (Å²) in [5.74, 6) is 0. The van der Waals surface area contributed by atoms with E-state index in [2.05, 4.69) is 31.2 Å². The van der Waals surface area contributed by atoms with Gasteiger partial charge in [-0.05, 0) is 30.4 Å². The third-order valence-electron chi connectivity index (χ3n) is 4.20. The molecule has 1 unspecified atom stereocenters. The smallest absolute Gasteiger partial charge is 0.0505 e. The van der Waals surface area contributed by atoms with Crippen molar-refractivity contribution >= 4 is 0 Å². The van der Waals surface area contributed by atoms with E-state index in [9.17, 15) is 5.11 Å². The molecule has 3 N–H and O–H groups in total. The van der Waals surface area contributed by atoms with Crippen molar-refractivity contribution in [2.75, 3.05) is 6.61 Å². The number of rotatable bonds is 5. The van der Waals surface area contributed by atoms with Gasteiger partial charge in [-0.2, -0.15) is 0 Å². The van der Waals surface area contributed by atoms with Crippen LogP contribution in [0.1, 0.15) is 49.8 Å². The molecule has 1 aromatic rings. The Morgan fingerprint density at radius 2 is 1.94 bits per heavy atom. The van der Waals surface area contributed by atoms with Crippen molar-refractivity contribution in [2.24, 2.45) is 11.1 Å². The van der Waals surface area contributed by atoms with Crippen LogP contribution in [0.3, 0.4) is 0 Å². The van der Waals surface area contributed by atoms with Gasteiger partial charge in [-0.15, -0.1) is 0 Å². The lowest BCUT2D eigenvalue weighted by Gasteiger charge is -2.45. The van der Waals surface area contributed by atoms with Crippen molar-refractivity contribution in [3.8, 4) is 0 Å². The molecule has 94 valence electrons.